The molecular weight excluding hydrogens is 400 g/mol. The van der Waals surface area contributed by atoms with Crippen LogP contribution in [0.2, 0.25) is 0 Å². The average molecular weight is 431 g/mol. The van der Waals surface area contributed by atoms with Gasteiger partial charge in [-0.05, 0) is 29.3 Å². The smallest absolute Gasteiger partial charge is 0.194 e. The lowest BCUT2D eigenvalue weighted by Gasteiger charge is -2.36. The summed E-state index contributed by atoms with van der Waals surface area (Å²) in [5, 5.41) is 7.87. The molecule has 2 aliphatic rings. The lowest BCUT2D eigenvalue weighted by molar-refractivity contribution is -0.0502. The first kappa shape index (κ1) is 20.7. The van der Waals surface area contributed by atoms with Gasteiger partial charge in [0.05, 0.1) is 24.4 Å². The van der Waals surface area contributed by atoms with Crippen LogP contribution >= 0.6 is 0 Å². The van der Waals surface area contributed by atoms with E-state index in [-0.39, 0.29) is 6.10 Å². The number of nitrogens with zero attached hydrogens (tertiary/aromatic N) is 5. The van der Waals surface area contributed by atoms with E-state index in [4.69, 9.17) is 4.74 Å². The van der Waals surface area contributed by atoms with Crippen LogP contribution in [0.25, 0.3) is 5.69 Å². The number of hydrogen-bond acceptors (Lipinski definition) is 4. The monoisotopic (exact) mass is 430 g/mol. The largest absolute Gasteiger partial charge is 0.373 e. The Hall–Kier alpha value is -3.16. The molecule has 7 nitrogen and oxygen atoms in total. The van der Waals surface area contributed by atoms with Gasteiger partial charge in [-0.3, -0.25) is 9.89 Å². The van der Waals surface area contributed by atoms with Crippen LogP contribution in [0.15, 0.2) is 78.0 Å². The van der Waals surface area contributed by atoms with E-state index in [0.29, 0.717) is 12.6 Å². The number of rotatable bonds is 5. The Labute approximate surface area is 189 Å². The summed E-state index contributed by atoms with van der Waals surface area (Å²) in [6, 6.07) is 21.4. The van der Waals surface area contributed by atoms with Crippen molar-refractivity contribution in [2.24, 2.45) is 4.99 Å². The van der Waals surface area contributed by atoms with Gasteiger partial charge in [0.25, 0.3) is 0 Å². The maximum Gasteiger partial charge on any atom is 0.194 e. The highest BCUT2D eigenvalue weighted by Gasteiger charge is 2.41. The van der Waals surface area contributed by atoms with Gasteiger partial charge in [-0.25, -0.2) is 4.68 Å². The van der Waals surface area contributed by atoms with Crippen molar-refractivity contribution in [1.29, 1.82) is 0 Å². The highest BCUT2D eigenvalue weighted by atomic mass is 16.5. The molecule has 0 saturated carbocycles. The summed E-state index contributed by atoms with van der Waals surface area (Å²) >= 11 is 0. The van der Waals surface area contributed by atoms with Gasteiger partial charge in [-0.15, -0.1) is 0 Å². The molecule has 1 aromatic heterocycles. The number of nitrogens with one attached hydrogen (secondary N) is 1. The number of likely N-dealkylation sites (tertiary alicyclic amines) is 1. The van der Waals surface area contributed by atoms with E-state index in [1.807, 2.05) is 24.0 Å². The molecule has 3 heterocycles. The second-order valence-electron chi connectivity index (χ2n) is 8.36. The van der Waals surface area contributed by atoms with E-state index in [2.05, 4.69) is 79.8 Å². The van der Waals surface area contributed by atoms with Crippen molar-refractivity contribution in [2.75, 3.05) is 33.3 Å². The zero-order chi connectivity index (χ0) is 21.8. The van der Waals surface area contributed by atoms with Crippen LogP contribution < -0.4 is 5.32 Å². The first-order valence-electron chi connectivity index (χ1n) is 11.2. The molecule has 2 fully saturated rings. The fraction of sp³-hybridized carbons (Fsp3) is 0.360. The number of aliphatic imine (C=N–C) groups is 1. The molecule has 0 bridgehead atoms. The highest BCUT2D eigenvalue weighted by molar-refractivity contribution is 5.80. The second-order valence-corrected chi connectivity index (χ2v) is 8.36. The maximum absolute atomic E-state index is 6.14. The van der Waals surface area contributed by atoms with Crippen LogP contribution in [0.1, 0.15) is 11.1 Å². The Bertz CT molecular complexity index is 1040. The summed E-state index contributed by atoms with van der Waals surface area (Å²) in [4.78, 5) is 9.45. The topological polar surface area (TPSA) is 57.9 Å². The zero-order valence-electron chi connectivity index (χ0n) is 18.5. The summed E-state index contributed by atoms with van der Waals surface area (Å²) in [5.74, 6) is 0.923. The van der Waals surface area contributed by atoms with Gasteiger partial charge in [-0.1, -0.05) is 42.5 Å². The van der Waals surface area contributed by atoms with Crippen molar-refractivity contribution in [3.63, 3.8) is 0 Å². The summed E-state index contributed by atoms with van der Waals surface area (Å²) in [6.45, 7) is 5.21. The molecule has 32 heavy (non-hydrogen) atoms. The fourth-order valence-corrected chi connectivity index (χ4v) is 4.69. The van der Waals surface area contributed by atoms with E-state index in [1.165, 1.54) is 11.1 Å². The third-order valence-corrected chi connectivity index (χ3v) is 6.29. The number of guanidine groups is 1. The predicted molar refractivity (Wildman–Crippen MR) is 126 cm³/mol. The van der Waals surface area contributed by atoms with E-state index in [0.717, 1.165) is 44.4 Å². The van der Waals surface area contributed by atoms with Gasteiger partial charge in [-0.2, -0.15) is 5.10 Å². The van der Waals surface area contributed by atoms with Gasteiger partial charge in [0, 0.05) is 52.2 Å². The summed E-state index contributed by atoms with van der Waals surface area (Å²) in [5.41, 5.74) is 3.60. The van der Waals surface area contributed by atoms with E-state index in [9.17, 15) is 0 Å². The molecule has 0 aliphatic carbocycles. The third kappa shape index (κ3) is 4.54. The molecule has 1 N–H and O–H groups in total. The summed E-state index contributed by atoms with van der Waals surface area (Å²) in [7, 11) is 1.85. The van der Waals surface area contributed by atoms with Crippen molar-refractivity contribution >= 4 is 5.96 Å². The first-order valence-corrected chi connectivity index (χ1v) is 11.2. The van der Waals surface area contributed by atoms with Crippen molar-refractivity contribution in [3.05, 3.63) is 84.2 Å². The predicted octanol–water partition coefficient (Wildman–Crippen LogP) is 2.53. The molecule has 2 saturated heterocycles. The van der Waals surface area contributed by atoms with Gasteiger partial charge in [0.2, 0.25) is 0 Å². The lowest BCUT2D eigenvalue weighted by atomic mass is 10.1. The number of benzene rings is 2. The SMILES string of the molecule is CN=C(NCc1cccc(-n2cccn2)c1)N1CC2OCCN(Cc3ccccc3)C2C1. The third-order valence-electron chi connectivity index (χ3n) is 6.29. The van der Waals surface area contributed by atoms with E-state index >= 15 is 0 Å². The first-order chi connectivity index (χ1) is 15.8. The molecule has 3 aromatic rings. The number of ether oxygens (including phenoxy) is 1. The number of hydrogen-bond donors (Lipinski definition) is 1. The Balaban J connectivity index is 1.22. The van der Waals surface area contributed by atoms with Crippen LogP contribution in [0, 0.1) is 0 Å². The van der Waals surface area contributed by atoms with Crippen molar-refractivity contribution in [3.8, 4) is 5.69 Å². The Morgan fingerprint density at radius 1 is 1.09 bits per heavy atom. The van der Waals surface area contributed by atoms with Crippen LogP contribution in [0.3, 0.4) is 0 Å². The zero-order valence-corrected chi connectivity index (χ0v) is 18.5. The second kappa shape index (κ2) is 9.54. The summed E-state index contributed by atoms with van der Waals surface area (Å²) < 4.78 is 8.02. The fourth-order valence-electron chi connectivity index (χ4n) is 4.69. The molecule has 5 rings (SSSR count). The van der Waals surface area contributed by atoms with Gasteiger partial charge in [0.15, 0.2) is 5.96 Å². The molecular formula is C25H30N6O. The quantitative estimate of drug-likeness (QED) is 0.498. The van der Waals surface area contributed by atoms with Crippen molar-refractivity contribution < 1.29 is 4.74 Å². The molecule has 2 atom stereocenters. The van der Waals surface area contributed by atoms with Crippen LogP contribution in [-0.2, 0) is 17.8 Å². The molecule has 166 valence electrons. The number of fused-ring (bicyclic) bond motifs is 1. The molecule has 0 amide bonds. The van der Waals surface area contributed by atoms with Gasteiger partial charge >= 0.3 is 0 Å². The van der Waals surface area contributed by atoms with Crippen LogP contribution in [0.5, 0.6) is 0 Å². The Morgan fingerprint density at radius 2 is 1.97 bits per heavy atom. The minimum absolute atomic E-state index is 0.217. The minimum atomic E-state index is 0.217. The van der Waals surface area contributed by atoms with Gasteiger partial charge in [0.1, 0.15) is 0 Å². The van der Waals surface area contributed by atoms with Crippen molar-refractivity contribution in [2.45, 2.75) is 25.2 Å². The van der Waals surface area contributed by atoms with Crippen molar-refractivity contribution in [1.82, 2.24) is 24.9 Å². The Morgan fingerprint density at radius 3 is 2.78 bits per heavy atom. The highest BCUT2D eigenvalue weighted by Crippen LogP contribution is 2.24. The number of aromatic nitrogens is 2. The van der Waals surface area contributed by atoms with Gasteiger partial charge < -0.3 is 15.0 Å². The van der Waals surface area contributed by atoms with Crippen LogP contribution in [0.4, 0.5) is 0 Å². The maximum atomic E-state index is 6.14. The molecule has 0 radical (unpaired) electrons. The molecule has 2 unspecified atom stereocenters. The molecule has 0 spiro atoms. The molecule has 2 aromatic carbocycles. The normalized spacial score (nSPS) is 21.5. The molecule has 7 heteroatoms. The van der Waals surface area contributed by atoms with E-state index in [1.54, 1.807) is 6.20 Å². The van der Waals surface area contributed by atoms with E-state index < -0.39 is 0 Å². The lowest BCUT2D eigenvalue weighted by Crippen LogP contribution is -2.50. The summed E-state index contributed by atoms with van der Waals surface area (Å²) in [6.07, 6.45) is 3.97. The Kier molecular flexibility index (Phi) is 6.18. The average Bonchev–Trinajstić information content (AvgIpc) is 3.51. The standard InChI is InChI=1S/C25H30N6O/c1-26-25(27-16-21-9-5-10-22(15-21)31-12-6-11-28-31)30-18-23-24(19-30)32-14-13-29(23)17-20-7-3-2-4-8-20/h2-12,15,23-24H,13-14,16-19H2,1H3,(H,26,27). The molecule has 2 aliphatic heterocycles. The van der Waals surface area contributed by atoms with Crippen LogP contribution in [-0.4, -0.2) is 71.0 Å². The number of morpholine rings is 1. The minimum Gasteiger partial charge on any atom is -0.373 e.